The van der Waals surface area contributed by atoms with Gasteiger partial charge in [0.05, 0.1) is 4.90 Å². The standard InChI is InChI=1S/C23H29N3O4S/c1-5-26(6-2)31(29,30)21-14-19(11-10-15(21)3)24-22(27)17-8-7-9-18(13-17)25-23(28)20-12-16(20)4/h7-11,13-14,16,20H,5-6,12H2,1-4H3,(H,24,27)(H,25,28). The number of carbonyl (C=O) groups excluding carboxylic acids is 2. The molecule has 2 aromatic carbocycles. The zero-order valence-corrected chi connectivity index (χ0v) is 19.1. The molecule has 0 aromatic heterocycles. The van der Waals surface area contributed by atoms with E-state index in [1.807, 2.05) is 6.92 Å². The molecule has 1 aliphatic carbocycles. The van der Waals surface area contributed by atoms with Gasteiger partial charge in [0.15, 0.2) is 0 Å². The maximum atomic E-state index is 12.9. The highest BCUT2D eigenvalue weighted by molar-refractivity contribution is 7.89. The van der Waals surface area contributed by atoms with Crippen molar-refractivity contribution in [3.05, 3.63) is 53.6 Å². The Bertz CT molecular complexity index is 1090. The van der Waals surface area contributed by atoms with Crippen LogP contribution in [0.1, 0.15) is 43.1 Å². The van der Waals surface area contributed by atoms with Crippen LogP contribution in [0.5, 0.6) is 0 Å². The second-order valence-corrected chi connectivity index (χ2v) is 9.82. The first-order chi connectivity index (χ1) is 14.7. The van der Waals surface area contributed by atoms with Crippen LogP contribution in [-0.4, -0.2) is 37.6 Å². The molecule has 0 radical (unpaired) electrons. The van der Waals surface area contributed by atoms with Gasteiger partial charge in [-0.1, -0.05) is 32.9 Å². The fraction of sp³-hybridized carbons (Fsp3) is 0.391. The van der Waals surface area contributed by atoms with Crippen LogP contribution in [-0.2, 0) is 14.8 Å². The fourth-order valence-corrected chi connectivity index (χ4v) is 5.23. The Morgan fingerprint density at radius 1 is 1.03 bits per heavy atom. The Hall–Kier alpha value is -2.71. The molecule has 7 nitrogen and oxygen atoms in total. The minimum Gasteiger partial charge on any atom is -0.326 e. The van der Waals surface area contributed by atoms with Crippen molar-refractivity contribution in [3.8, 4) is 0 Å². The van der Waals surface area contributed by atoms with E-state index in [2.05, 4.69) is 10.6 Å². The Morgan fingerprint density at radius 2 is 1.68 bits per heavy atom. The molecule has 2 amide bonds. The monoisotopic (exact) mass is 443 g/mol. The van der Waals surface area contributed by atoms with E-state index in [1.165, 1.54) is 10.4 Å². The SMILES string of the molecule is CCN(CC)S(=O)(=O)c1cc(NC(=O)c2cccc(NC(=O)C3CC3C)c2)ccc1C. The minimum absolute atomic E-state index is 0.0326. The maximum Gasteiger partial charge on any atom is 0.255 e. The molecule has 0 bridgehead atoms. The number of nitrogens with zero attached hydrogens (tertiary/aromatic N) is 1. The molecule has 1 fully saturated rings. The number of nitrogens with one attached hydrogen (secondary N) is 2. The lowest BCUT2D eigenvalue weighted by Gasteiger charge is -2.20. The summed E-state index contributed by atoms with van der Waals surface area (Å²) in [5, 5.41) is 5.61. The number of amides is 2. The summed E-state index contributed by atoms with van der Waals surface area (Å²) in [5.41, 5.74) is 1.94. The summed E-state index contributed by atoms with van der Waals surface area (Å²) in [7, 11) is -3.65. The van der Waals surface area contributed by atoms with Gasteiger partial charge < -0.3 is 10.6 Å². The maximum absolute atomic E-state index is 12.9. The van der Waals surface area contributed by atoms with E-state index in [9.17, 15) is 18.0 Å². The van der Waals surface area contributed by atoms with Crippen LogP contribution in [0.15, 0.2) is 47.4 Å². The van der Waals surface area contributed by atoms with E-state index < -0.39 is 10.0 Å². The largest absolute Gasteiger partial charge is 0.326 e. The first-order valence-corrected chi connectivity index (χ1v) is 11.9. The van der Waals surface area contributed by atoms with Crippen molar-refractivity contribution in [1.29, 1.82) is 0 Å². The molecule has 1 aliphatic rings. The van der Waals surface area contributed by atoms with Gasteiger partial charge in [-0.25, -0.2) is 8.42 Å². The van der Waals surface area contributed by atoms with E-state index in [1.54, 1.807) is 57.2 Å². The molecule has 2 atom stereocenters. The molecule has 0 aliphatic heterocycles. The number of benzene rings is 2. The van der Waals surface area contributed by atoms with Crippen LogP contribution in [0.4, 0.5) is 11.4 Å². The van der Waals surface area contributed by atoms with Crippen LogP contribution in [0.2, 0.25) is 0 Å². The Balaban J connectivity index is 1.78. The van der Waals surface area contributed by atoms with E-state index in [-0.39, 0.29) is 22.6 Å². The molecule has 166 valence electrons. The molecule has 8 heteroatoms. The van der Waals surface area contributed by atoms with Crippen molar-refractivity contribution in [1.82, 2.24) is 4.31 Å². The number of hydrogen-bond acceptors (Lipinski definition) is 4. The second-order valence-electron chi connectivity index (χ2n) is 7.91. The summed E-state index contributed by atoms with van der Waals surface area (Å²) in [6.45, 7) is 8.08. The van der Waals surface area contributed by atoms with Crippen molar-refractivity contribution >= 4 is 33.2 Å². The summed E-state index contributed by atoms with van der Waals surface area (Å²) < 4.78 is 27.2. The number of carbonyl (C=O) groups is 2. The lowest BCUT2D eigenvalue weighted by Crippen LogP contribution is -2.31. The topological polar surface area (TPSA) is 95.6 Å². The van der Waals surface area contributed by atoms with Crippen molar-refractivity contribution in [3.63, 3.8) is 0 Å². The van der Waals surface area contributed by atoms with Gasteiger partial charge in [0.1, 0.15) is 0 Å². The smallest absolute Gasteiger partial charge is 0.255 e. The van der Waals surface area contributed by atoms with E-state index in [4.69, 9.17) is 0 Å². The third-order valence-corrected chi connectivity index (χ3v) is 7.80. The summed E-state index contributed by atoms with van der Waals surface area (Å²) in [6.07, 6.45) is 0.887. The fourth-order valence-electron chi connectivity index (χ4n) is 3.52. The van der Waals surface area contributed by atoms with Gasteiger partial charge in [-0.05, 0) is 55.2 Å². The Kier molecular flexibility index (Phi) is 6.81. The molecular weight excluding hydrogens is 414 g/mol. The lowest BCUT2D eigenvalue weighted by molar-refractivity contribution is -0.117. The second kappa shape index (κ2) is 9.20. The number of rotatable bonds is 8. The zero-order valence-electron chi connectivity index (χ0n) is 18.3. The first kappa shape index (κ1) is 23.0. The average Bonchev–Trinajstić information content (AvgIpc) is 3.47. The summed E-state index contributed by atoms with van der Waals surface area (Å²) >= 11 is 0. The number of anilines is 2. The lowest BCUT2D eigenvalue weighted by atomic mass is 10.1. The molecule has 2 unspecified atom stereocenters. The normalized spacial score (nSPS) is 18.0. The Morgan fingerprint density at radius 3 is 2.29 bits per heavy atom. The van der Waals surface area contributed by atoms with Gasteiger partial charge in [-0.15, -0.1) is 0 Å². The Labute approximate surface area is 183 Å². The highest BCUT2D eigenvalue weighted by atomic mass is 32.2. The van der Waals surface area contributed by atoms with Crippen LogP contribution in [0.3, 0.4) is 0 Å². The predicted octanol–water partition coefficient (Wildman–Crippen LogP) is 3.87. The molecular formula is C23H29N3O4S. The molecule has 0 saturated heterocycles. The molecule has 0 heterocycles. The summed E-state index contributed by atoms with van der Waals surface area (Å²) in [6, 6.07) is 11.5. The third kappa shape index (κ3) is 5.14. The number of aryl methyl sites for hydroxylation is 1. The van der Waals surface area contributed by atoms with E-state index >= 15 is 0 Å². The summed E-state index contributed by atoms with van der Waals surface area (Å²) in [5.74, 6) is 0.0202. The van der Waals surface area contributed by atoms with Crippen molar-refractivity contribution in [2.45, 2.75) is 39.0 Å². The van der Waals surface area contributed by atoms with E-state index in [0.29, 0.717) is 41.5 Å². The minimum atomic E-state index is -3.65. The van der Waals surface area contributed by atoms with Crippen LogP contribution in [0.25, 0.3) is 0 Å². The van der Waals surface area contributed by atoms with Crippen LogP contribution in [0, 0.1) is 18.8 Å². The van der Waals surface area contributed by atoms with Gasteiger partial charge >= 0.3 is 0 Å². The number of hydrogen-bond donors (Lipinski definition) is 2. The molecule has 2 N–H and O–H groups in total. The molecule has 2 aromatic rings. The molecule has 31 heavy (non-hydrogen) atoms. The first-order valence-electron chi connectivity index (χ1n) is 10.5. The van der Waals surface area contributed by atoms with Crippen LogP contribution >= 0.6 is 0 Å². The highest BCUT2D eigenvalue weighted by Gasteiger charge is 2.39. The predicted molar refractivity (Wildman–Crippen MR) is 122 cm³/mol. The summed E-state index contributed by atoms with van der Waals surface area (Å²) in [4.78, 5) is 25.1. The van der Waals surface area contributed by atoms with Gasteiger partial charge in [0.25, 0.3) is 5.91 Å². The van der Waals surface area contributed by atoms with Gasteiger partial charge in [-0.3, -0.25) is 9.59 Å². The molecule has 3 rings (SSSR count). The quantitative estimate of drug-likeness (QED) is 0.647. The van der Waals surface area contributed by atoms with Gasteiger partial charge in [0, 0.05) is 35.9 Å². The van der Waals surface area contributed by atoms with Gasteiger partial charge in [-0.2, -0.15) is 4.31 Å². The van der Waals surface area contributed by atoms with Crippen LogP contribution < -0.4 is 10.6 Å². The number of sulfonamides is 1. The van der Waals surface area contributed by atoms with Crippen molar-refractivity contribution < 1.29 is 18.0 Å². The average molecular weight is 444 g/mol. The van der Waals surface area contributed by atoms with E-state index in [0.717, 1.165) is 6.42 Å². The van der Waals surface area contributed by atoms with Gasteiger partial charge in [0.2, 0.25) is 15.9 Å². The van der Waals surface area contributed by atoms with Crippen molar-refractivity contribution in [2.75, 3.05) is 23.7 Å². The third-order valence-electron chi connectivity index (χ3n) is 5.61. The van der Waals surface area contributed by atoms with Crippen molar-refractivity contribution in [2.24, 2.45) is 11.8 Å². The highest BCUT2D eigenvalue weighted by Crippen LogP contribution is 2.38. The zero-order chi connectivity index (χ0) is 22.8. The molecule has 0 spiro atoms. The molecule has 1 saturated carbocycles.